The van der Waals surface area contributed by atoms with Crippen molar-refractivity contribution < 1.29 is 9.18 Å². The first-order chi connectivity index (χ1) is 8.54. The lowest BCUT2D eigenvalue weighted by atomic mass is 10.2. The molecule has 0 spiro atoms. The highest BCUT2D eigenvalue weighted by Gasteiger charge is 2.05. The molecule has 1 amide bonds. The number of amides is 1. The third-order valence-corrected chi connectivity index (χ3v) is 2.48. The SMILES string of the molecule is CN(C)C(=O)CCCNc1ccc(F)cc1C#N. The molecular formula is C13H16FN3O. The molecule has 0 saturated heterocycles. The summed E-state index contributed by atoms with van der Waals surface area (Å²) in [4.78, 5) is 12.9. The minimum absolute atomic E-state index is 0.0661. The maximum Gasteiger partial charge on any atom is 0.222 e. The van der Waals surface area contributed by atoms with Crippen LogP contribution in [0.3, 0.4) is 0 Å². The van der Waals surface area contributed by atoms with Crippen LogP contribution in [0.2, 0.25) is 0 Å². The number of anilines is 1. The normalized spacial score (nSPS) is 9.67. The van der Waals surface area contributed by atoms with Crippen LogP contribution in [0.5, 0.6) is 0 Å². The van der Waals surface area contributed by atoms with Crippen molar-refractivity contribution in [2.45, 2.75) is 12.8 Å². The second-order valence-electron chi connectivity index (χ2n) is 4.12. The number of nitrogens with zero attached hydrogens (tertiary/aromatic N) is 2. The zero-order valence-corrected chi connectivity index (χ0v) is 10.5. The van der Waals surface area contributed by atoms with Crippen molar-refractivity contribution in [2.24, 2.45) is 0 Å². The van der Waals surface area contributed by atoms with Gasteiger partial charge in [-0.3, -0.25) is 4.79 Å². The van der Waals surface area contributed by atoms with Gasteiger partial charge in [0.05, 0.1) is 11.3 Å². The Hall–Kier alpha value is -2.09. The number of rotatable bonds is 5. The van der Waals surface area contributed by atoms with E-state index in [-0.39, 0.29) is 11.5 Å². The topological polar surface area (TPSA) is 56.1 Å². The summed E-state index contributed by atoms with van der Waals surface area (Å²) in [7, 11) is 3.42. The number of benzene rings is 1. The Morgan fingerprint density at radius 3 is 2.83 bits per heavy atom. The molecule has 1 aromatic carbocycles. The number of nitriles is 1. The third kappa shape index (κ3) is 4.06. The molecule has 0 aliphatic heterocycles. The average molecular weight is 249 g/mol. The fraction of sp³-hybridized carbons (Fsp3) is 0.385. The predicted molar refractivity (Wildman–Crippen MR) is 67.5 cm³/mol. The Morgan fingerprint density at radius 1 is 1.50 bits per heavy atom. The van der Waals surface area contributed by atoms with Gasteiger partial charge in [0, 0.05) is 27.1 Å². The molecule has 4 nitrogen and oxygen atoms in total. The minimum atomic E-state index is -0.431. The van der Waals surface area contributed by atoms with E-state index >= 15 is 0 Å². The largest absolute Gasteiger partial charge is 0.384 e. The fourth-order valence-electron chi connectivity index (χ4n) is 1.45. The Balaban J connectivity index is 2.45. The van der Waals surface area contributed by atoms with E-state index in [0.717, 1.165) is 0 Å². The van der Waals surface area contributed by atoms with Crippen LogP contribution in [0.1, 0.15) is 18.4 Å². The van der Waals surface area contributed by atoms with Gasteiger partial charge in [-0.2, -0.15) is 5.26 Å². The molecule has 0 unspecified atom stereocenters. The molecule has 18 heavy (non-hydrogen) atoms. The smallest absolute Gasteiger partial charge is 0.222 e. The molecule has 5 heteroatoms. The fourth-order valence-corrected chi connectivity index (χ4v) is 1.45. The molecule has 96 valence electrons. The Labute approximate surface area is 106 Å². The lowest BCUT2D eigenvalue weighted by Crippen LogP contribution is -2.22. The van der Waals surface area contributed by atoms with Crippen LogP contribution in [0.25, 0.3) is 0 Å². The van der Waals surface area contributed by atoms with Crippen molar-refractivity contribution >= 4 is 11.6 Å². The van der Waals surface area contributed by atoms with Crippen LogP contribution in [-0.2, 0) is 4.79 Å². The van der Waals surface area contributed by atoms with E-state index in [0.29, 0.717) is 25.1 Å². The van der Waals surface area contributed by atoms with E-state index < -0.39 is 5.82 Å². The predicted octanol–water partition coefficient (Wildman–Crippen LogP) is 1.98. The summed E-state index contributed by atoms with van der Waals surface area (Å²) >= 11 is 0. The molecular weight excluding hydrogens is 233 g/mol. The lowest BCUT2D eigenvalue weighted by Gasteiger charge is -2.11. The second kappa shape index (κ2) is 6.60. The number of carbonyl (C=O) groups excluding carboxylic acids is 1. The van der Waals surface area contributed by atoms with Crippen LogP contribution in [0.4, 0.5) is 10.1 Å². The van der Waals surface area contributed by atoms with Gasteiger partial charge in [0.2, 0.25) is 5.91 Å². The third-order valence-electron chi connectivity index (χ3n) is 2.48. The van der Waals surface area contributed by atoms with Crippen LogP contribution >= 0.6 is 0 Å². The molecule has 0 aliphatic carbocycles. The summed E-state index contributed by atoms with van der Waals surface area (Å²) in [5.74, 6) is -0.365. The minimum Gasteiger partial charge on any atom is -0.384 e. The van der Waals surface area contributed by atoms with E-state index in [9.17, 15) is 9.18 Å². The highest BCUT2D eigenvalue weighted by atomic mass is 19.1. The van der Waals surface area contributed by atoms with Crippen molar-refractivity contribution in [3.8, 4) is 6.07 Å². The summed E-state index contributed by atoms with van der Waals surface area (Å²) in [6.07, 6.45) is 1.11. The van der Waals surface area contributed by atoms with Crippen LogP contribution in [0, 0.1) is 17.1 Å². The van der Waals surface area contributed by atoms with Gasteiger partial charge in [0.15, 0.2) is 0 Å². The summed E-state index contributed by atoms with van der Waals surface area (Å²) in [6.45, 7) is 0.569. The van der Waals surface area contributed by atoms with Gasteiger partial charge in [-0.25, -0.2) is 4.39 Å². The van der Waals surface area contributed by atoms with Gasteiger partial charge >= 0.3 is 0 Å². The molecule has 0 aliphatic rings. The molecule has 0 aromatic heterocycles. The molecule has 0 bridgehead atoms. The maximum absolute atomic E-state index is 12.9. The van der Waals surface area contributed by atoms with E-state index in [1.54, 1.807) is 19.0 Å². The van der Waals surface area contributed by atoms with Crippen LogP contribution in [-0.4, -0.2) is 31.4 Å². The quantitative estimate of drug-likeness (QED) is 0.812. The summed E-state index contributed by atoms with van der Waals surface area (Å²) in [5, 5.41) is 11.9. The molecule has 0 radical (unpaired) electrons. The van der Waals surface area contributed by atoms with Crippen molar-refractivity contribution in [3.63, 3.8) is 0 Å². The van der Waals surface area contributed by atoms with E-state index in [2.05, 4.69) is 5.32 Å². The Kier molecular flexibility index (Phi) is 5.12. The number of hydrogen-bond donors (Lipinski definition) is 1. The summed E-state index contributed by atoms with van der Waals surface area (Å²) in [6, 6.07) is 5.94. The Bertz CT molecular complexity index is 466. The highest BCUT2D eigenvalue weighted by molar-refractivity contribution is 5.75. The van der Waals surface area contributed by atoms with Gasteiger partial charge < -0.3 is 10.2 Å². The molecule has 0 heterocycles. The first-order valence-corrected chi connectivity index (χ1v) is 5.68. The highest BCUT2D eigenvalue weighted by Crippen LogP contribution is 2.15. The Morgan fingerprint density at radius 2 is 2.22 bits per heavy atom. The number of halogens is 1. The van der Waals surface area contributed by atoms with Gasteiger partial charge in [-0.1, -0.05) is 0 Å². The number of nitrogens with one attached hydrogen (secondary N) is 1. The monoisotopic (exact) mass is 249 g/mol. The first-order valence-electron chi connectivity index (χ1n) is 5.68. The number of hydrogen-bond acceptors (Lipinski definition) is 3. The second-order valence-corrected chi connectivity index (χ2v) is 4.12. The molecule has 0 atom stereocenters. The van der Waals surface area contributed by atoms with Gasteiger partial charge in [-0.15, -0.1) is 0 Å². The van der Waals surface area contributed by atoms with E-state index in [1.807, 2.05) is 6.07 Å². The van der Waals surface area contributed by atoms with Gasteiger partial charge in [0.25, 0.3) is 0 Å². The van der Waals surface area contributed by atoms with Gasteiger partial charge in [0.1, 0.15) is 11.9 Å². The zero-order valence-electron chi connectivity index (χ0n) is 10.5. The van der Waals surface area contributed by atoms with Crippen molar-refractivity contribution in [1.29, 1.82) is 5.26 Å². The zero-order chi connectivity index (χ0) is 13.5. The summed E-state index contributed by atoms with van der Waals surface area (Å²) in [5.41, 5.74) is 0.866. The molecule has 1 rings (SSSR count). The molecule has 1 aromatic rings. The van der Waals surface area contributed by atoms with Gasteiger partial charge in [-0.05, 0) is 24.6 Å². The summed E-state index contributed by atoms with van der Waals surface area (Å²) < 4.78 is 12.9. The van der Waals surface area contributed by atoms with Crippen molar-refractivity contribution in [2.75, 3.05) is 26.0 Å². The van der Waals surface area contributed by atoms with Crippen LogP contribution < -0.4 is 5.32 Å². The molecule has 0 fully saturated rings. The number of carbonyl (C=O) groups is 1. The van der Waals surface area contributed by atoms with Crippen LogP contribution in [0.15, 0.2) is 18.2 Å². The van der Waals surface area contributed by atoms with Crippen molar-refractivity contribution in [1.82, 2.24) is 4.90 Å². The lowest BCUT2D eigenvalue weighted by molar-refractivity contribution is -0.128. The molecule has 0 saturated carbocycles. The standard InChI is InChI=1S/C13H16FN3O/c1-17(2)13(18)4-3-7-16-12-6-5-11(14)8-10(12)9-15/h5-6,8,16H,3-4,7H2,1-2H3. The van der Waals surface area contributed by atoms with E-state index in [4.69, 9.17) is 5.26 Å². The van der Waals surface area contributed by atoms with E-state index in [1.165, 1.54) is 18.2 Å². The average Bonchev–Trinajstić information content (AvgIpc) is 2.35. The first kappa shape index (κ1) is 14.0. The molecule has 1 N–H and O–H groups in total. The van der Waals surface area contributed by atoms with Crippen molar-refractivity contribution in [3.05, 3.63) is 29.6 Å². The maximum atomic E-state index is 12.9.